The molecule has 2 aromatic heterocycles. The van der Waals surface area contributed by atoms with Crippen LogP contribution in [0, 0.1) is 5.82 Å². The molecule has 0 saturated carbocycles. The second kappa shape index (κ2) is 8.51. The van der Waals surface area contributed by atoms with E-state index in [-0.39, 0.29) is 28.8 Å². The summed E-state index contributed by atoms with van der Waals surface area (Å²) in [7, 11) is 0. The van der Waals surface area contributed by atoms with Crippen LogP contribution in [0.4, 0.5) is 9.52 Å². The SMILES string of the molecule is O=C(NCc1ccccc1)C1CCCN1c1nc2c(=O)[nH]c(-c3cccc(F)c3)nc2s1. The number of amides is 1. The minimum absolute atomic E-state index is 0.0621. The second-order valence-electron chi connectivity index (χ2n) is 7.63. The molecule has 5 rings (SSSR count). The summed E-state index contributed by atoms with van der Waals surface area (Å²) in [6.07, 6.45) is 1.58. The highest BCUT2D eigenvalue weighted by Crippen LogP contribution is 2.32. The zero-order chi connectivity index (χ0) is 22.1. The van der Waals surface area contributed by atoms with Crippen molar-refractivity contribution in [3.8, 4) is 11.4 Å². The second-order valence-corrected chi connectivity index (χ2v) is 8.59. The maximum atomic E-state index is 13.6. The molecule has 7 nitrogen and oxygen atoms in total. The summed E-state index contributed by atoms with van der Waals surface area (Å²) in [5, 5.41) is 3.59. The van der Waals surface area contributed by atoms with Crippen LogP contribution < -0.4 is 15.8 Å². The van der Waals surface area contributed by atoms with Crippen LogP contribution >= 0.6 is 11.3 Å². The largest absolute Gasteiger partial charge is 0.350 e. The number of carbonyl (C=O) groups excluding carboxylic acids is 1. The zero-order valence-electron chi connectivity index (χ0n) is 17.0. The average molecular weight is 450 g/mol. The number of anilines is 1. The molecule has 0 spiro atoms. The van der Waals surface area contributed by atoms with E-state index in [0.717, 1.165) is 18.4 Å². The fourth-order valence-corrected chi connectivity index (χ4v) is 4.91. The summed E-state index contributed by atoms with van der Waals surface area (Å²) < 4.78 is 13.6. The van der Waals surface area contributed by atoms with Crippen molar-refractivity contribution in [3.63, 3.8) is 0 Å². The van der Waals surface area contributed by atoms with Gasteiger partial charge in [-0.15, -0.1) is 0 Å². The Morgan fingerprint density at radius 1 is 1.19 bits per heavy atom. The molecule has 32 heavy (non-hydrogen) atoms. The first-order valence-corrected chi connectivity index (χ1v) is 11.2. The van der Waals surface area contributed by atoms with Gasteiger partial charge in [-0.3, -0.25) is 9.59 Å². The van der Waals surface area contributed by atoms with Gasteiger partial charge in [-0.1, -0.05) is 53.8 Å². The first-order valence-electron chi connectivity index (χ1n) is 10.3. The van der Waals surface area contributed by atoms with Gasteiger partial charge in [0.25, 0.3) is 5.56 Å². The van der Waals surface area contributed by atoms with Gasteiger partial charge in [0.15, 0.2) is 15.5 Å². The number of aromatic nitrogens is 3. The van der Waals surface area contributed by atoms with Crippen LogP contribution in [0.15, 0.2) is 59.4 Å². The van der Waals surface area contributed by atoms with Crippen LogP contribution in [-0.4, -0.2) is 33.4 Å². The van der Waals surface area contributed by atoms with Crippen molar-refractivity contribution in [2.45, 2.75) is 25.4 Å². The normalized spacial score (nSPS) is 15.9. The Bertz CT molecular complexity index is 1340. The molecule has 3 heterocycles. The number of thiazole rings is 1. The van der Waals surface area contributed by atoms with E-state index >= 15 is 0 Å². The molecule has 0 aliphatic carbocycles. The molecule has 1 fully saturated rings. The van der Waals surface area contributed by atoms with Crippen molar-refractivity contribution in [1.29, 1.82) is 0 Å². The van der Waals surface area contributed by atoms with E-state index in [0.29, 0.717) is 28.6 Å². The van der Waals surface area contributed by atoms with Crippen molar-refractivity contribution in [1.82, 2.24) is 20.3 Å². The molecule has 0 bridgehead atoms. The molecule has 1 amide bonds. The van der Waals surface area contributed by atoms with Crippen LogP contribution in [0.2, 0.25) is 0 Å². The molecule has 1 atom stereocenters. The van der Waals surface area contributed by atoms with Gasteiger partial charge >= 0.3 is 0 Å². The quantitative estimate of drug-likeness (QED) is 0.487. The lowest BCUT2D eigenvalue weighted by molar-refractivity contribution is -0.122. The molecule has 2 aromatic carbocycles. The smallest absolute Gasteiger partial charge is 0.278 e. The first-order chi connectivity index (χ1) is 15.6. The van der Waals surface area contributed by atoms with E-state index in [9.17, 15) is 14.0 Å². The predicted octanol–water partition coefficient (Wildman–Crippen LogP) is 3.47. The highest BCUT2D eigenvalue weighted by molar-refractivity contribution is 7.21. The number of carbonyl (C=O) groups is 1. The van der Waals surface area contributed by atoms with E-state index in [1.54, 1.807) is 12.1 Å². The van der Waals surface area contributed by atoms with Gasteiger partial charge in [-0.25, -0.2) is 14.4 Å². The maximum absolute atomic E-state index is 13.6. The summed E-state index contributed by atoms with van der Waals surface area (Å²) in [6, 6.07) is 15.3. The highest BCUT2D eigenvalue weighted by atomic mass is 32.1. The van der Waals surface area contributed by atoms with Crippen LogP contribution in [-0.2, 0) is 11.3 Å². The Morgan fingerprint density at radius 3 is 2.84 bits per heavy atom. The van der Waals surface area contributed by atoms with Gasteiger partial charge < -0.3 is 15.2 Å². The Morgan fingerprint density at radius 2 is 2.03 bits per heavy atom. The Kier molecular flexibility index (Phi) is 5.40. The van der Waals surface area contributed by atoms with E-state index in [1.165, 1.54) is 23.5 Å². The standard InChI is InChI=1S/C23H20FN5O2S/c24-16-9-4-8-15(12-16)19-27-21(31)18-22(28-19)32-23(26-18)29-11-5-10-17(29)20(30)25-13-14-6-2-1-3-7-14/h1-4,6-9,12,17H,5,10-11,13H2,(H,25,30)(H,27,28,31). The third-order valence-electron chi connectivity index (χ3n) is 5.47. The number of halogens is 1. The zero-order valence-corrected chi connectivity index (χ0v) is 17.9. The fourth-order valence-electron chi connectivity index (χ4n) is 3.89. The molecule has 9 heteroatoms. The number of benzene rings is 2. The van der Waals surface area contributed by atoms with Crippen LogP contribution in [0.1, 0.15) is 18.4 Å². The topological polar surface area (TPSA) is 91.0 Å². The molecule has 4 aromatic rings. The summed E-state index contributed by atoms with van der Waals surface area (Å²) in [5.74, 6) is -0.180. The Labute approximate surface area is 187 Å². The number of H-pyrrole nitrogens is 1. The average Bonchev–Trinajstić information content (AvgIpc) is 3.45. The number of fused-ring (bicyclic) bond motifs is 1. The summed E-state index contributed by atoms with van der Waals surface area (Å²) in [5.41, 5.74) is 1.35. The van der Waals surface area contributed by atoms with Gasteiger partial charge in [-0.05, 0) is 30.5 Å². The van der Waals surface area contributed by atoms with E-state index < -0.39 is 5.82 Å². The molecular weight excluding hydrogens is 429 g/mol. The molecule has 1 saturated heterocycles. The molecule has 162 valence electrons. The lowest BCUT2D eigenvalue weighted by atomic mass is 10.2. The van der Waals surface area contributed by atoms with Gasteiger partial charge in [0.1, 0.15) is 17.7 Å². The maximum Gasteiger partial charge on any atom is 0.278 e. The third kappa shape index (κ3) is 3.99. The number of rotatable bonds is 5. The molecular formula is C23H20FN5O2S. The first kappa shape index (κ1) is 20.3. The van der Waals surface area contributed by atoms with E-state index in [2.05, 4.69) is 20.3 Å². The molecule has 2 N–H and O–H groups in total. The minimum Gasteiger partial charge on any atom is -0.350 e. The van der Waals surface area contributed by atoms with Gasteiger partial charge in [0, 0.05) is 18.7 Å². The lowest BCUT2D eigenvalue weighted by Gasteiger charge is -2.23. The van der Waals surface area contributed by atoms with Gasteiger partial charge in [-0.2, -0.15) is 0 Å². The Hall–Kier alpha value is -3.59. The number of hydrogen-bond donors (Lipinski definition) is 2. The summed E-state index contributed by atoms with van der Waals surface area (Å²) in [4.78, 5) is 39.5. The molecule has 1 aliphatic heterocycles. The van der Waals surface area contributed by atoms with Crippen molar-refractivity contribution in [3.05, 3.63) is 76.3 Å². The van der Waals surface area contributed by atoms with Crippen molar-refractivity contribution in [2.75, 3.05) is 11.4 Å². The Balaban J connectivity index is 1.40. The van der Waals surface area contributed by atoms with Crippen molar-refractivity contribution >= 4 is 32.7 Å². The third-order valence-corrected chi connectivity index (χ3v) is 6.45. The predicted molar refractivity (Wildman–Crippen MR) is 122 cm³/mol. The number of nitrogens with one attached hydrogen (secondary N) is 2. The number of hydrogen-bond acceptors (Lipinski definition) is 6. The van der Waals surface area contributed by atoms with Crippen molar-refractivity contribution < 1.29 is 9.18 Å². The highest BCUT2D eigenvalue weighted by Gasteiger charge is 2.33. The monoisotopic (exact) mass is 449 g/mol. The minimum atomic E-state index is -0.406. The van der Waals surface area contributed by atoms with Gasteiger partial charge in [0.2, 0.25) is 5.91 Å². The van der Waals surface area contributed by atoms with Crippen LogP contribution in [0.5, 0.6) is 0 Å². The summed E-state index contributed by atoms with van der Waals surface area (Å²) >= 11 is 1.27. The molecule has 1 aliphatic rings. The fraction of sp³-hybridized carbons (Fsp3) is 0.217. The molecule has 0 radical (unpaired) electrons. The number of aromatic amines is 1. The van der Waals surface area contributed by atoms with Crippen LogP contribution in [0.3, 0.4) is 0 Å². The summed E-state index contributed by atoms with van der Waals surface area (Å²) in [6.45, 7) is 1.14. The molecule has 1 unspecified atom stereocenters. The van der Waals surface area contributed by atoms with Gasteiger partial charge in [0.05, 0.1) is 0 Å². The van der Waals surface area contributed by atoms with Crippen molar-refractivity contribution in [2.24, 2.45) is 0 Å². The van der Waals surface area contributed by atoms with E-state index in [4.69, 9.17) is 0 Å². The lowest BCUT2D eigenvalue weighted by Crippen LogP contribution is -2.43. The van der Waals surface area contributed by atoms with Crippen LogP contribution in [0.25, 0.3) is 21.7 Å². The van der Waals surface area contributed by atoms with E-state index in [1.807, 2.05) is 35.2 Å². The number of nitrogens with zero attached hydrogens (tertiary/aromatic N) is 3.